The molecule has 7 nitrogen and oxygen atoms in total. The monoisotopic (exact) mass is 391 g/mol. The minimum atomic E-state index is -0.108. The standard InChI is InChI=1S/C22H25N5O2/c28-19(27-9-3-4-10-27)15-25-11-13-26(14-12-25)18-7-8-23-21-20(18)16-5-1-2-6-17(16)22(29)24-21/h1-2,5-8H,3-4,9-15H2,(H,23,24,29). The van der Waals surface area contributed by atoms with E-state index in [-0.39, 0.29) is 11.5 Å². The number of aromatic nitrogens is 2. The van der Waals surface area contributed by atoms with Gasteiger partial charge in [0.25, 0.3) is 5.56 Å². The molecule has 2 aromatic heterocycles. The summed E-state index contributed by atoms with van der Waals surface area (Å²) in [5.41, 5.74) is 1.61. The fourth-order valence-electron chi connectivity index (χ4n) is 4.55. The molecule has 0 atom stereocenters. The first-order valence-corrected chi connectivity index (χ1v) is 10.4. The van der Waals surface area contributed by atoms with Gasteiger partial charge in [-0.2, -0.15) is 0 Å². The molecule has 7 heteroatoms. The number of hydrogen-bond donors (Lipinski definition) is 1. The second kappa shape index (κ2) is 7.48. The number of nitrogens with zero attached hydrogens (tertiary/aromatic N) is 4. The second-order valence-corrected chi connectivity index (χ2v) is 7.90. The largest absolute Gasteiger partial charge is 0.368 e. The summed E-state index contributed by atoms with van der Waals surface area (Å²) in [5.74, 6) is 0.258. The van der Waals surface area contributed by atoms with Gasteiger partial charge in [0, 0.05) is 67.3 Å². The van der Waals surface area contributed by atoms with Crippen LogP contribution in [0.15, 0.2) is 41.3 Å². The number of rotatable bonds is 3. The van der Waals surface area contributed by atoms with E-state index >= 15 is 0 Å². The average molecular weight is 391 g/mol. The number of fused-ring (bicyclic) bond motifs is 3. The molecule has 1 amide bonds. The van der Waals surface area contributed by atoms with Gasteiger partial charge in [-0.25, -0.2) is 4.98 Å². The zero-order valence-electron chi connectivity index (χ0n) is 16.4. The van der Waals surface area contributed by atoms with Gasteiger partial charge in [0.1, 0.15) is 5.65 Å². The molecule has 4 heterocycles. The average Bonchev–Trinajstić information content (AvgIpc) is 3.29. The molecular weight excluding hydrogens is 366 g/mol. The molecule has 5 rings (SSSR count). The second-order valence-electron chi connectivity index (χ2n) is 7.90. The van der Waals surface area contributed by atoms with E-state index in [2.05, 4.69) is 19.8 Å². The smallest absolute Gasteiger partial charge is 0.257 e. The molecule has 2 saturated heterocycles. The summed E-state index contributed by atoms with van der Waals surface area (Å²) in [6.45, 7) is 5.73. The number of benzene rings is 1. The van der Waals surface area contributed by atoms with Gasteiger partial charge in [-0.1, -0.05) is 18.2 Å². The number of anilines is 1. The first-order chi connectivity index (χ1) is 14.2. The molecule has 0 aliphatic carbocycles. The molecule has 3 aromatic rings. The van der Waals surface area contributed by atoms with E-state index in [4.69, 9.17) is 0 Å². The van der Waals surface area contributed by atoms with Crippen molar-refractivity contribution in [1.29, 1.82) is 0 Å². The van der Waals surface area contributed by atoms with Crippen LogP contribution in [0.1, 0.15) is 12.8 Å². The first kappa shape index (κ1) is 18.1. The van der Waals surface area contributed by atoms with E-state index in [1.54, 1.807) is 6.20 Å². The molecule has 1 aromatic carbocycles. The Kier molecular flexibility index (Phi) is 4.67. The highest BCUT2D eigenvalue weighted by Gasteiger charge is 2.24. The minimum Gasteiger partial charge on any atom is -0.368 e. The van der Waals surface area contributed by atoms with Crippen molar-refractivity contribution in [1.82, 2.24) is 19.8 Å². The van der Waals surface area contributed by atoms with Gasteiger partial charge in [-0.3, -0.25) is 14.5 Å². The van der Waals surface area contributed by atoms with Gasteiger partial charge >= 0.3 is 0 Å². The van der Waals surface area contributed by atoms with Crippen molar-refractivity contribution in [3.63, 3.8) is 0 Å². The SMILES string of the molecule is O=C(CN1CCN(c2ccnc3[nH]c(=O)c4ccccc4c23)CC1)N1CCCC1. The topological polar surface area (TPSA) is 72.5 Å². The molecular formula is C22H25N5O2. The third-order valence-electron chi connectivity index (χ3n) is 6.13. The lowest BCUT2D eigenvalue weighted by molar-refractivity contribution is -0.131. The minimum absolute atomic E-state index is 0.108. The molecule has 0 bridgehead atoms. The Hall–Kier alpha value is -2.93. The van der Waals surface area contributed by atoms with Gasteiger partial charge in [0.2, 0.25) is 5.91 Å². The summed E-state index contributed by atoms with van der Waals surface area (Å²) in [4.78, 5) is 38.7. The van der Waals surface area contributed by atoms with Crippen LogP contribution in [0, 0.1) is 0 Å². The maximum Gasteiger partial charge on any atom is 0.257 e. The maximum atomic E-state index is 12.4. The summed E-state index contributed by atoms with van der Waals surface area (Å²) in [7, 11) is 0. The van der Waals surface area contributed by atoms with E-state index in [9.17, 15) is 9.59 Å². The molecule has 2 aliphatic rings. The fraction of sp³-hybridized carbons (Fsp3) is 0.409. The number of likely N-dealkylation sites (tertiary alicyclic amines) is 1. The molecule has 2 aliphatic heterocycles. The van der Waals surface area contributed by atoms with E-state index in [1.165, 1.54) is 0 Å². The summed E-state index contributed by atoms with van der Waals surface area (Å²) in [5, 5.41) is 2.61. The van der Waals surface area contributed by atoms with E-state index < -0.39 is 0 Å². The molecule has 0 saturated carbocycles. The Labute approximate surface area is 168 Å². The highest BCUT2D eigenvalue weighted by atomic mass is 16.2. The van der Waals surface area contributed by atoms with Crippen LogP contribution in [0.3, 0.4) is 0 Å². The Morgan fingerprint density at radius 2 is 1.69 bits per heavy atom. The van der Waals surface area contributed by atoms with Crippen molar-refractivity contribution >= 4 is 33.4 Å². The number of pyridine rings is 2. The fourth-order valence-corrected chi connectivity index (χ4v) is 4.55. The summed E-state index contributed by atoms with van der Waals surface area (Å²) in [6.07, 6.45) is 4.01. The Balaban J connectivity index is 1.39. The number of amides is 1. The van der Waals surface area contributed by atoms with Crippen molar-refractivity contribution in [3.8, 4) is 0 Å². The number of piperazine rings is 1. The number of carbonyl (C=O) groups is 1. The van der Waals surface area contributed by atoms with Crippen LogP contribution in [0.5, 0.6) is 0 Å². The van der Waals surface area contributed by atoms with Gasteiger partial charge in [-0.15, -0.1) is 0 Å². The predicted molar refractivity (Wildman–Crippen MR) is 114 cm³/mol. The van der Waals surface area contributed by atoms with Crippen molar-refractivity contribution < 1.29 is 4.79 Å². The lowest BCUT2D eigenvalue weighted by Crippen LogP contribution is -2.50. The summed E-state index contributed by atoms with van der Waals surface area (Å²) >= 11 is 0. The number of hydrogen-bond acceptors (Lipinski definition) is 5. The van der Waals surface area contributed by atoms with E-state index in [1.807, 2.05) is 35.2 Å². The zero-order valence-corrected chi connectivity index (χ0v) is 16.4. The van der Waals surface area contributed by atoms with E-state index in [0.717, 1.165) is 68.6 Å². The van der Waals surface area contributed by atoms with Gasteiger partial charge < -0.3 is 14.8 Å². The quantitative estimate of drug-likeness (QED) is 0.690. The molecule has 0 spiro atoms. The number of aromatic amines is 1. The molecule has 29 heavy (non-hydrogen) atoms. The number of H-pyrrole nitrogens is 1. The van der Waals surface area contributed by atoms with Crippen LogP contribution >= 0.6 is 0 Å². The van der Waals surface area contributed by atoms with Crippen molar-refractivity contribution in [2.45, 2.75) is 12.8 Å². The lowest BCUT2D eigenvalue weighted by Gasteiger charge is -2.36. The summed E-state index contributed by atoms with van der Waals surface area (Å²) < 4.78 is 0. The highest BCUT2D eigenvalue weighted by Crippen LogP contribution is 2.30. The van der Waals surface area contributed by atoms with Crippen LogP contribution in [-0.2, 0) is 4.79 Å². The third kappa shape index (κ3) is 3.35. The molecule has 0 radical (unpaired) electrons. The third-order valence-corrected chi connectivity index (χ3v) is 6.13. The van der Waals surface area contributed by atoms with Crippen LogP contribution in [0.4, 0.5) is 5.69 Å². The normalized spacial score (nSPS) is 18.1. The zero-order chi connectivity index (χ0) is 19.8. The van der Waals surface area contributed by atoms with E-state index in [0.29, 0.717) is 17.6 Å². The maximum absolute atomic E-state index is 12.4. The molecule has 150 valence electrons. The van der Waals surface area contributed by atoms with Crippen molar-refractivity contribution in [3.05, 3.63) is 46.9 Å². The number of nitrogens with one attached hydrogen (secondary N) is 1. The molecule has 1 N–H and O–H groups in total. The van der Waals surface area contributed by atoms with Crippen LogP contribution < -0.4 is 10.5 Å². The summed E-state index contributed by atoms with van der Waals surface area (Å²) in [6, 6.07) is 9.71. The number of carbonyl (C=O) groups excluding carboxylic acids is 1. The van der Waals surface area contributed by atoms with Crippen molar-refractivity contribution in [2.24, 2.45) is 0 Å². The first-order valence-electron chi connectivity index (χ1n) is 10.4. The van der Waals surface area contributed by atoms with Gasteiger partial charge in [0.15, 0.2) is 0 Å². The van der Waals surface area contributed by atoms with Crippen molar-refractivity contribution in [2.75, 3.05) is 50.7 Å². The lowest BCUT2D eigenvalue weighted by atomic mass is 10.1. The molecule has 0 unspecified atom stereocenters. The Morgan fingerprint density at radius 3 is 2.45 bits per heavy atom. The van der Waals surface area contributed by atoms with Gasteiger partial charge in [-0.05, 0) is 25.0 Å². The highest BCUT2D eigenvalue weighted by molar-refractivity contribution is 6.10. The Morgan fingerprint density at radius 1 is 0.966 bits per heavy atom. The van der Waals surface area contributed by atoms with Gasteiger partial charge in [0.05, 0.1) is 6.54 Å². The molecule has 2 fully saturated rings. The Bertz CT molecular complexity index is 1110. The van der Waals surface area contributed by atoms with Crippen LogP contribution in [-0.4, -0.2) is 71.5 Å². The van der Waals surface area contributed by atoms with Crippen LogP contribution in [0.2, 0.25) is 0 Å². The van der Waals surface area contributed by atoms with Crippen LogP contribution in [0.25, 0.3) is 21.8 Å². The predicted octanol–water partition coefficient (Wildman–Crippen LogP) is 1.82.